The highest BCUT2D eigenvalue weighted by Crippen LogP contribution is 2.44. The van der Waals surface area contributed by atoms with E-state index in [1.54, 1.807) is 12.3 Å². The summed E-state index contributed by atoms with van der Waals surface area (Å²) in [6.07, 6.45) is 1.15. The van der Waals surface area contributed by atoms with Crippen molar-refractivity contribution in [3.63, 3.8) is 0 Å². The number of methoxy groups -OCH3 is 1. The standard InChI is InChI=1S/C27H21F4N7O2/c1-37-12-19(27(29,30)31)35-24(37)15-5-6-17(18(28)9-15)11-38-20(39)8-7-16-10-32-23(36-25(16)38)21-22(14-3-4-14)33-13-34-26(21)40-2/h5-10,12-14H,3-4,11H2,1-2H3. The van der Waals surface area contributed by atoms with E-state index in [1.807, 2.05) is 0 Å². The van der Waals surface area contributed by atoms with Crippen molar-refractivity contribution in [3.05, 3.63) is 82.2 Å². The third-order valence-corrected chi connectivity index (χ3v) is 6.75. The van der Waals surface area contributed by atoms with Crippen molar-refractivity contribution >= 4 is 11.0 Å². The van der Waals surface area contributed by atoms with Crippen LogP contribution in [0.5, 0.6) is 5.88 Å². The van der Waals surface area contributed by atoms with Crippen LogP contribution in [0, 0.1) is 5.82 Å². The van der Waals surface area contributed by atoms with Gasteiger partial charge in [0.1, 0.15) is 29.2 Å². The third-order valence-electron chi connectivity index (χ3n) is 6.75. The van der Waals surface area contributed by atoms with Gasteiger partial charge in [0.2, 0.25) is 5.88 Å². The van der Waals surface area contributed by atoms with Gasteiger partial charge in [-0.05, 0) is 25.0 Å². The van der Waals surface area contributed by atoms with Crippen molar-refractivity contribution in [1.82, 2.24) is 34.1 Å². The van der Waals surface area contributed by atoms with Crippen LogP contribution in [-0.2, 0) is 19.8 Å². The minimum absolute atomic E-state index is 0.0389. The van der Waals surface area contributed by atoms with Crippen LogP contribution in [0.3, 0.4) is 0 Å². The molecular formula is C27H21F4N7O2. The van der Waals surface area contributed by atoms with E-state index in [9.17, 15) is 18.0 Å². The van der Waals surface area contributed by atoms with Gasteiger partial charge < -0.3 is 9.30 Å². The van der Waals surface area contributed by atoms with Gasteiger partial charge in [-0.25, -0.2) is 29.3 Å². The minimum atomic E-state index is -4.62. The van der Waals surface area contributed by atoms with Gasteiger partial charge in [-0.1, -0.05) is 12.1 Å². The van der Waals surface area contributed by atoms with Gasteiger partial charge in [0, 0.05) is 47.9 Å². The number of imidazole rings is 1. The quantitative estimate of drug-likeness (QED) is 0.281. The molecule has 4 heterocycles. The smallest absolute Gasteiger partial charge is 0.434 e. The molecule has 1 saturated carbocycles. The van der Waals surface area contributed by atoms with E-state index in [0.29, 0.717) is 16.8 Å². The van der Waals surface area contributed by atoms with Crippen LogP contribution in [0.25, 0.3) is 33.8 Å². The number of fused-ring (bicyclic) bond motifs is 1. The molecule has 4 aromatic heterocycles. The molecule has 5 aromatic rings. The van der Waals surface area contributed by atoms with Gasteiger partial charge >= 0.3 is 6.18 Å². The highest BCUT2D eigenvalue weighted by molar-refractivity contribution is 5.78. The molecule has 40 heavy (non-hydrogen) atoms. The lowest BCUT2D eigenvalue weighted by atomic mass is 10.1. The highest BCUT2D eigenvalue weighted by atomic mass is 19.4. The zero-order valence-electron chi connectivity index (χ0n) is 21.3. The van der Waals surface area contributed by atoms with E-state index in [0.717, 1.165) is 30.8 Å². The topological polar surface area (TPSA) is 101 Å². The number of hydrogen-bond donors (Lipinski definition) is 0. The minimum Gasteiger partial charge on any atom is -0.480 e. The summed E-state index contributed by atoms with van der Waals surface area (Å²) in [6, 6.07) is 6.90. The molecule has 0 spiro atoms. The highest BCUT2D eigenvalue weighted by Gasteiger charge is 2.35. The molecule has 204 valence electrons. The van der Waals surface area contributed by atoms with Crippen LogP contribution in [0.1, 0.15) is 35.7 Å². The molecule has 6 rings (SSSR count). The number of aromatic nitrogens is 7. The summed E-state index contributed by atoms with van der Waals surface area (Å²) in [4.78, 5) is 34.3. The first-order valence-electron chi connectivity index (χ1n) is 12.3. The molecule has 1 fully saturated rings. The van der Waals surface area contributed by atoms with Gasteiger partial charge in [-0.15, -0.1) is 0 Å². The first kappa shape index (κ1) is 25.6. The fourth-order valence-electron chi connectivity index (χ4n) is 4.61. The molecule has 0 radical (unpaired) electrons. The van der Waals surface area contributed by atoms with Crippen molar-refractivity contribution in [2.45, 2.75) is 31.5 Å². The van der Waals surface area contributed by atoms with Crippen molar-refractivity contribution in [2.24, 2.45) is 7.05 Å². The number of nitrogens with zero attached hydrogens (tertiary/aromatic N) is 7. The zero-order chi connectivity index (χ0) is 28.2. The fourth-order valence-corrected chi connectivity index (χ4v) is 4.61. The average molecular weight is 552 g/mol. The average Bonchev–Trinajstić information content (AvgIpc) is 3.70. The lowest BCUT2D eigenvalue weighted by Gasteiger charge is -2.14. The van der Waals surface area contributed by atoms with Gasteiger partial charge in [-0.3, -0.25) is 9.36 Å². The molecule has 0 aliphatic heterocycles. The predicted molar refractivity (Wildman–Crippen MR) is 136 cm³/mol. The molecule has 9 nitrogen and oxygen atoms in total. The summed E-state index contributed by atoms with van der Waals surface area (Å²) in [6.45, 7) is -0.176. The molecule has 0 atom stereocenters. The Hall–Kier alpha value is -4.68. The Morgan fingerprint density at radius 3 is 2.55 bits per heavy atom. The summed E-state index contributed by atoms with van der Waals surface area (Å²) in [7, 11) is 2.89. The van der Waals surface area contributed by atoms with E-state index in [2.05, 4.69) is 24.9 Å². The van der Waals surface area contributed by atoms with Crippen molar-refractivity contribution in [2.75, 3.05) is 7.11 Å². The lowest BCUT2D eigenvalue weighted by Crippen LogP contribution is -2.21. The second-order valence-electron chi connectivity index (χ2n) is 9.51. The fraction of sp³-hybridized carbons (Fsp3) is 0.259. The molecule has 0 N–H and O–H groups in total. The Kier molecular flexibility index (Phi) is 6.08. The molecule has 0 bridgehead atoms. The molecule has 0 saturated heterocycles. The first-order chi connectivity index (χ1) is 19.1. The van der Waals surface area contributed by atoms with Gasteiger partial charge in [0.15, 0.2) is 11.5 Å². The summed E-state index contributed by atoms with van der Waals surface area (Å²) < 4.78 is 62.5. The maximum Gasteiger partial charge on any atom is 0.434 e. The second-order valence-corrected chi connectivity index (χ2v) is 9.51. The monoisotopic (exact) mass is 551 g/mol. The molecule has 13 heteroatoms. The second kappa shape index (κ2) is 9.50. The summed E-state index contributed by atoms with van der Waals surface area (Å²) in [5.41, 5.74) is 0.394. The van der Waals surface area contributed by atoms with Crippen LogP contribution in [-0.4, -0.2) is 41.2 Å². The normalized spacial score (nSPS) is 13.7. The van der Waals surface area contributed by atoms with Crippen LogP contribution in [0.15, 0.2) is 53.8 Å². The van der Waals surface area contributed by atoms with Gasteiger partial charge in [-0.2, -0.15) is 13.2 Å². The maximum absolute atomic E-state index is 15.3. The van der Waals surface area contributed by atoms with Crippen molar-refractivity contribution < 1.29 is 22.3 Å². The first-order valence-corrected chi connectivity index (χ1v) is 12.3. The van der Waals surface area contributed by atoms with E-state index < -0.39 is 23.2 Å². The molecular weight excluding hydrogens is 530 g/mol. The number of ether oxygens (including phenoxy) is 1. The van der Waals surface area contributed by atoms with Crippen molar-refractivity contribution in [1.29, 1.82) is 0 Å². The molecule has 1 aromatic carbocycles. The molecule has 0 unspecified atom stereocenters. The van der Waals surface area contributed by atoms with E-state index in [1.165, 1.54) is 47.8 Å². The Bertz CT molecular complexity index is 1830. The van der Waals surface area contributed by atoms with Crippen molar-refractivity contribution in [3.8, 4) is 28.7 Å². The van der Waals surface area contributed by atoms with Crippen LogP contribution in [0.2, 0.25) is 0 Å². The number of alkyl halides is 3. The lowest BCUT2D eigenvalue weighted by molar-refractivity contribution is -0.140. The molecule has 1 aliphatic carbocycles. The van der Waals surface area contributed by atoms with Crippen LogP contribution in [0.4, 0.5) is 17.6 Å². The number of benzene rings is 1. The Labute approximate surface area is 224 Å². The Balaban J connectivity index is 1.41. The van der Waals surface area contributed by atoms with Gasteiger partial charge in [0.25, 0.3) is 5.56 Å². The Morgan fingerprint density at radius 2 is 1.88 bits per heavy atom. The summed E-state index contributed by atoms with van der Waals surface area (Å²) in [5, 5.41) is 0.553. The third kappa shape index (κ3) is 4.56. The Morgan fingerprint density at radius 1 is 1.07 bits per heavy atom. The predicted octanol–water partition coefficient (Wildman–Crippen LogP) is 4.74. The van der Waals surface area contributed by atoms with Crippen LogP contribution < -0.4 is 10.3 Å². The van der Waals surface area contributed by atoms with Gasteiger partial charge in [0.05, 0.1) is 19.3 Å². The zero-order valence-corrected chi connectivity index (χ0v) is 21.3. The summed E-state index contributed by atoms with van der Waals surface area (Å²) >= 11 is 0. The number of pyridine rings is 1. The number of halogens is 4. The number of hydrogen-bond acceptors (Lipinski definition) is 7. The van der Waals surface area contributed by atoms with Crippen LogP contribution >= 0.6 is 0 Å². The molecule has 1 aliphatic rings. The van der Waals surface area contributed by atoms with E-state index in [4.69, 9.17) is 4.74 Å². The summed E-state index contributed by atoms with van der Waals surface area (Å²) in [5.74, 6) is 0.0787. The largest absolute Gasteiger partial charge is 0.480 e. The number of rotatable bonds is 6. The maximum atomic E-state index is 15.3. The van der Waals surface area contributed by atoms with E-state index >= 15 is 4.39 Å². The SMILES string of the molecule is COc1ncnc(C2CC2)c1-c1ncc2ccc(=O)n(Cc3ccc(-c4nc(C(F)(F)F)cn4C)cc3F)c2n1. The number of aryl methyl sites for hydroxylation is 1. The molecule has 0 amide bonds. The van der Waals surface area contributed by atoms with E-state index in [-0.39, 0.29) is 40.9 Å².